The fourth-order valence-corrected chi connectivity index (χ4v) is 3.12. The molecule has 0 fully saturated rings. The van der Waals surface area contributed by atoms with Crippen LogP contribution in [-0.2, 0) is 20.7 Å². The van der Waals surface area contributed by atoms with Gasteiger partial charge in [0.15, 0.2) is 0 Å². The van der Waals surface area contributed by atoms with E-state index in [0.717, 1.165) is 10.5 Å². The predicted molar refractivity (Wildman–Crippen MR) is 101 cm³/mol. The summed E-state index contributed by atoms with van der Waals surface area (Å²) in [7, 11) is 0. The van der Waals surface area contributed by atoms with Crippen molar-refractivity contribution >= 4 is 23.7 Å². The first-order valence-corrected chi connectivity index (χ1v) is 8.97. The highest BCUT2D eigenvalue weighted by Crippen LogP contribution is 2.26. The van der Waals surface area contributed by atoms with Gasteiger partial charge in [0.1, 0.15) is 12.6 Å². The number of hydrogen-bond donors (Lipinski definition) is 1. The van der Waals surface area contributed by atoms with Crippen molar-refractivity contribution in [3.05, 3.63) is 71.3 Å². The van der Waals surface area contributed by atoms with Crippen LogP contribution in [0.25, 0.3) is 0 Å². The molecule has 0 aromatic heterocycles. The average Bonchev–Trinajstić information content (AvgIpc) is 2.96. The second-order valence-electron chi connectivity index (χ2n) is 6.25. The van der Waals surface area contributed by atoms with Gasteiger partial charge >= 0.3 is 5.97 Å². The van der Waals surface area contributed by atoms with E-state index in [9.17, 15) is 19.2 Å². The minimum Gasteiger partial charge on any atom is -0.465 e. The first-order chi connectivity index (χ1) is 13.5. The van der Waals surface area contributed by atoms with Crippen LogP contribution in [0.15, 0.2) is 54.6 Å². The van der Waals surface area contributed by atoms with Gasteiger partial charge in [-0.2, -0.15) is 0 Å². The minimum absolute atomic E-state index is 0.140. The maximum absolute atomic E-state index is 12.8. The zero-order valence-electron chi connectivity index (χ0n) is 15.4. The van der Waals surface area contributed by atoms with Gasteiger partial charge in [-0.05, 0) is 24.6 Å². The number of nitrogens with one attached hydrogen (secondary N) is 1. The molecule has 1 aliphatic heterocycles. The van der Waals surface area contributed by atoms with E-state index in [1.54, 1.807) is 31.2 Å². The molecule has 3 rings (SSSR count). The molecule has 0 radical (unpaired) electrons. The van der Waals surface area contributed by atoms with Gasteiger partial charge in [-0.25, -0.2) is 0 Å². The zero-order valence-corrected chi connectivity index (χ0v) is 15.4. The Labute approximate surface area is 162 Å². The van der Waals surface area contributed by atoms with E-state index in [0.29, 0.717) is 0 Å². The molecule has 0 spiro atoms. The monoisotopic (exact) mass is 380 g/mol. The molecule has 1 heterocycles. The number of amides is 3. The van der Waals surface area contributed by atoms with Crippen LogP contribution in [0.5, 0.6) is 0 Å². The Balaban J connectivity index is 1.86. The van der Waals surface area contributed by atoms with Crippen LogP contribution in [0.1, 0.15) is 33.2 Å². The van der Waals surface area contributed by atoms with E-state index in [4.69, 9.17) is 4.74 Å². The molecular weight excluding hydrogens is 360 g/mol. The van der Waals surface area contributed by atoms with Gasteiger partial charge in [-0.1, -0.05) is 42.5 Å². The van der Waals surface area contributed by atoms with Crippen molar-refractivity contribution in [2.75, 3.05) is 13.2 Å². The first kappa shape index (κ1) is 19.3. The highest BCUT2D eigenvalue weighted by Gasteiger charge is 2.42. The molecule has 0 bridgehead atoms. The number of esters is 1. The molecule has 2 aromatic rings. The minimum atomic E-state index is -1.08. The van der Waals surface area contributed by atoms with E-state index in [1.807, 2.05) is 30.3 Å². The Hall–Kier alpha value is -3.48. The maximum Gasteiger partial charge on any atom is 0.325 e. The molecular formula is C21H20N2O5. The van der Waals surface area contributed by atoms with E-state index in [1.165, 1.54) is 0 Å². The van der Waals surface area contributed by atoms with Gasteiger partial charge < -0.3 is 10.1 Å². The van der Waals surface area contributed by atoms with Crippen LogP contribution in [0.4, 0.5) is 0 Å². The number of rotatable bonds is 7. The summed E-state index contributed by atoms with van der Waals surface area (Å²) in [4.78, 5) is 51.0. The Morgan fingerprint density at radius 1 is 0.964 bits per heavy atom. The van der Waals surface area contributed by atoms with Crippen molar-refractivity contribution < 1.29 is 23.9 Å². The van der Waals surface area contributed by atoms with Gasteiger partial charge in [0, 0.05) is 6.42 Å². The number of ether oxygens (including phenoxy) is 1. The number of carbonyl (C=O) groups excluding carboxylic acids is 4. The van der Waals surface area contributed by atoms with Gasteiger partial charge in [0.25, 0.3) is 11.8 Å². The standard InChI is InChI=1S/C21H20N2O5/c1-2-28-18(24)13-22-19(25)17(12-14-8-4-3-5-9-14)23-20(26)15-10-6-7-11-16(15)21(23)27/h3-11,17H,2,12-13H2,1H3,(H,22,25)/t17-/m0/s1. The lowest BCUT2D eigenvalue weighted by atomic mass is 10.0. The number of hydrogen-bond acceptors (Lipinski definition) is 5. The van der Waals surface area contributed by atoms with Crippen LogP contribution in [0, 0.1) is 0 Å². The van der Waals surface area contributed by atoms with E-state index in [-0.39, 0.29) is 30.7 Å². The van der Waals surface area contributed by atoms with E-state index < -0.39 is 29.7 Å². The Bertz CT molecular complexity index is 875. The van der Waals surface area contributed by atoms with Crippen molar-refractivity contribution in [3.63, 3.8) is 0 Å². The Kier molecular flexibility index (Phi) is 5.84. The quantitative estimate of drug-likeness (QED) is 0.581. The number of nitrogens with zero attached hydrogens (tertiary/aromatic N) is 1. The summed E-state index contributed by atoms with van der Waals surface area (Å²) in [5.74, 6) is -2.22. The first-order valence-electron chi connectivity index (χ1n) is 8.97. The molecule has 1 aliphatic rings. The third-order valence-electron chi connectivity index (χ3n) is 4.42. The molecule has 7 nitrogen and oxygen atoms in total. The van der Waals surface area contributed by atoms with Crippen molar-refractivity contribution in [3.8, 4) is 0 Å². The Morgan fingerprint density at radius 3 is 2.11 bits per heavy atom. The van der Waals surface area contributed by atoms with E-state index in [2.05, 4.69) is 5.32 Å². The second kappa shape index (κ2) is 8.47. The lowest BCUT2D eigenvalue weighted by Crippen LogP contribution is -2.51. The lowest BCUT2D eigenvalue weighted by molar-refractivity contribution is -0.143. The fourth-order valence-electron chi connectivity index (χ4n) is 3.12. The van der Waals surface area contributed by atoms with Crippen molar-refractivity contribution in [1.82, 2.24) is 10.2 Å². The lowest BCUT2D eigenvalue weighted by Gasteiger charge is -2.25. The summed E-state index contributed by atoms with van der Waals surface area (Å²) in [6.45, 7) is 1.53. The smallest absolute Gasteiger partial charge is 0.325 e. The average molecular weight is 380 g/mol. The van der Waals surface area contributed by atoms with Crippen LogP contribution < -0.4 is 5.32 Å². The van der Waals surface area contributed by atoms with Crippen LogP contribution in [-0.4, -0.2) is 47.8 Å². The molecule has 28 heavy (non-hydrogen) atoms. The molecule has 0 saturated carbocycles. The third-order valence-corrected chi connectivity index (χ3v) is 4.42. The number of fused-ring (bicyclic) bond motifs is 1. The van der Waals surface area contributed by atoms with Gasteiger partial charge in [0.2, 0.25) is 5.91 Å². The SMILES string of the molecule is CCOC(=O)CNC(=O)[C@H](Cc1ccccc1)N1C(=O)c2ccccc2C1=O. The summed E-state index contributed by atoms with van der Waals surface area (Å²) in [5, 5.41) is 2.47. The molecule has 1 N–H and O–H groups in total. The van der Waals surface area contributed by atoms with Crippen LogP contribution in [0.2, 0.25) is 0 Å². The molecule has 7 heteroatoms. The molecule has 0 aliphatic carbocycles. The summed E-state index contributed by atoms with van der Waals surface area (Å²) >= 11 is 0. The van der Waals surface area contributed by atoms with E-state index >= 15 is 0 Å². The van der Waals surface area contributed by atoms with Crippen LogP contribution >= 0.6 is 0 Å². The van der Waals surface area contributed by atoms with Gasteiger partial charge in [-0.3, -0.25) is 24.1 Å². The number of imide groups is 1. The number of benzene rings is 2. The molecule has 2 aromatic carbocycles. The number of carbonyl (C=O) groups is 4. The fraction of sp³-hybridized carbons (Fsp3) is 0.238. The van der Waals surface area contributed by atoms with Crippen molar-refractivity contribution in [1.29, 1.82) is 0 Å². The predicted octanol–water partition coefficient (Wildman–Crippen LogP) is 1.57. The normalized spacial score (nSPS) is 13.8. The highest BCUT2D eigenvalue weighted by molar-refractivity contribution is 6.22. The van der Waals surface area contributed by atoms with Crippen LogP contribution in [0.3, 0.4) is 0 Å². The summed E-state index contributed by atoms with van der Waals surface area (Å²) in [5.41, 5.74) is 1.32. The molecule has 1 atom stereocenters. The summed E-state index contributed by atoms with van der Waals surface area (Å²) < 4.78 is 4.81. The third kappa shape index (κ3) is 3.93. The maximum atomic E-state index is 12.8. The second-order valence-corrected chi connectivity index (χ2v) is 6.25. The zero-order chi connectivity index (χ0) is 20.1. The largest absolute Gasteiger partial charge is 0.465 e. The molecule has 3 amide bonds. The molecule has 0 saturated heterocycles. The molecule has 0 unspecified atom stereocenters. The highest BCUT2D eigenvalue weighted by atomic mass is 16.5. The van der Waals surface area contributed by atoms with Crippen molar-refractivity contribution in [2.45, 2.75) is 19.4 Å². The molecule has 144 valence electrons. The topological polar surface area (TPSA) is 92.8 Å². The summed E-state index contributed by atoms with van der Waals surface area (Å²) in [6, 6.07) is 14.5. The van der Waals surface area contributed by atoms with Crippen molar-refractivity contribution in [2.24, 2.45) is 0 Å². The summed E-state index contributed by atoms with van der Waals surface area (Å²) in [6.07, 6.45) is 0.140. The van der Waals surface area contributed by atoms with Gasteiger partial charge in [0.05, 0.1) is 17.7 Å². The Morgan fingerprint density at radius 2 is 1.54 bits per heavy atom. The van der Waals surface area contributed by atoms with Gasteiger partial charge in [-0.15, -0.1) is 0 Å².